The van der Waals surface area contributed by atoms with Gasteiger partial charge in [0.2, 0.25) is 0 Å². The first-order chi connectivity index (χ1) is 7.54. The van der Waals surface area contributed by atoms with Gasteiger partial charge in [0.1, 0.15) is 11.7 Å². The molecule has 0 aliphatic carbocycles. The Morgan fingerprint density at radius 2 is 2.19 bits per heavy atom. The molecule has 0 N–H and O–H groups in total. The van der Waals surface area contributed by atoms with Crippen molar-refractivity contribution < 1.29 is 14.3 Å². The minimum absolute atomic E-state index is 0.178. The molecule has 5 heteroatoms. The van der Waals surface area contributed by atoms with E-state index in [1.165, 1.54) is 18.3 Å². The van der Waals surface area contributed by atoms with Crippen LogP contribution in [-0.4, -0.2) is 18.4 Å². The molecule has 1 aromatic heterocycles. The van der Waals surface area contributed by atoms with E-state index in [9.17, 15) is 9.59 Å². The van der Waals surface area contributed by atoms with E-state index < -0.39 is 11.9 Å². The van der Waals surface area contributed by atoms with Crippen molar-refractivity contribution in [2.24, 2.45) is 5.92 Å². The zero-order chi connectivity index (χ0) is 12.1. The molecule has 1 unspecified atom stereocenters. The Balaban J connectivity index is 2.72. The van der Waals surface area contributed by atoms with Crippen LogP contribution < -0.4 is 0 Å². The number of halogens is 1. The van der Waals surface area contributed by atoms with Crippen molar-refractivity contribution in [1.29, 1.82) is 0 Å². The fraction of sp³-hybridized carbons (Fsp3) is 0.455. The number of rotatable bonds is 5. The van der Waals surface area contributed by atoms with Crippen LogP contribution in [0.3, 0.4) is 0 Å². The van der Waals surface area contributed by atoms with Gasteiger partial charge in [0.25, 0.3) is 0 Å². The zero-order valence-electron chi connectivity index (χ0n) is 9.16. The van der Waals surface area contributed by atoms with Crippen molar-refractivity contribution in [3.8, 4) is 0 Å². The van der Waals surface area contributed by atoms with E-state index in [0.717, 1.165) is 4.88 Å². The van der Waals surface area contributed by atoms with Crippen LogP contribution in [0, 0.1) is 5.92 Å². The molecule has 0 spiro atoms. The molecule has 1 heterocycles. The predicted octanol–water partition coefficient (Wildman–Crippen LogP) is 2.71. The van der Waals surface area contributed by atoms with Gasteiger partial charge < -0.3 is 4.74 Å². The maximum absolute atomic E-state index is 11.5. The fourth-order valence-electron chi connectivity index (χ4n) is 1.30. The second-order valence-electron chi connectivity index (χ2n) is 3.33. The highest BCUT2D eigenvalue weighted by molar-refractivity contribution is 7.16. The van der Waals surface area contributed by atoms with Gasteiger partial charge in [-0.3, -0.25) is 9.59 Å². The van der Waals surface area contributed by atoms with Crippen LogP contribution in [0.4, 0.5) is 0 Å². The van der Waals surface area contributed by atoms with Crippen LogP contribution in [0.1, 0.15) is 18.7 Å². The molecule has 0 fully saturated rings. The summed E-state index contributed by atoms with van der Waals surface area (Å²) in [6, 6.07) is 3.58. The number of Topliss-reactive ketones (excluding diaryl/α,β-unsaturated/α-hetero) is 1. The van der Waals surface area contributed by atoms with Crippen LogP contribution in [0.5, 0.6) is 0 Å². The molecule has 0 saturated carbocycles. The molecule has 0 aromatic carbocycles. The van der Waals surface area contributed by atoms with E-state index in [4.69, 9.17) is 16.3 Å². The summed E-state index contributed by atoms with van der Waals surface area (Å²) in [4.78, 5) is 23.8. The third kappa shape index (κ3) is 3.61. The molecule has 0 aliphatic rings. The lowest BCUT2D eigenvalue weighted by atomic mass is 10.0. The molecule has 16 heavy (non-hydrogen) atoms. The normalized spacial score (nSPS) is 12.2. The average Bonchev–Trinajstić information content (AvgIpc) is 2.60. The lowest BCUT2D eigenvalue weighted by Crippen LogP contribution is -2.26. The standard InChI is InChI=1S/C11H13ClO3S/c1-3-15-11(14)9(7(2)13)6-8-4-5-10(12)16-8/h4-5,9H,3,6H2,1-2H3. The SMILES string of the molecule is CCOC(=O)C(Cc1ccc(Cl)s1)C(C)=O. The lowest BCUT2D eigenvalue weighted by Gasteiger charge is -2.10. The second-order valence-corrected chi connectivity index (χ2v) is 5.12. The lowest BCUT2D eigenvalue weighted by molar-refractivity contribution is -0.151. The predicted molar refractivity (Wildman–Crippen MR) is 63.8 cm³/mol. The summed E-state index contributed by atoms with van der Waals surface area (Å²) < 4.78 is 5.51. The van der Waals surface area contributed by atoms with Gasteiger partial charge in [-0.1, -0.05) is 11.6 Å². The van der Waals surface area contributed by atoms with Crippen molar-refractivity contribution in [2.75, 3.05) is 6.61 Å². The van der Waals surface area contributed by atoms with Crippen LogP contribution in [0.2, 0.25) is 4.34 Å². The first-order valence-corrected chi connectivity index (χ1v) is 6.15. The molecule has 88 valence electrons. The number of hydrogen-bond acceptors (Lipinski definition) is 4. The fourth-order valence-corrected chi connectivity index (χ4v) is 2.43. The summed E-state index contributed by atoms with van der Waals surface area (Å²) in [5, 5.41) is 0. The maximum Gasteiger partial charge on any atom is 0.316 e. The van der Waals surface area contributed by atoms with E-state index >= 15 is 0 Å². The van der Waals surface area contributed by atoms with Crippen LogP contribution in [-0.2, 0) is 20.7 Å². The zero-order valence-corrected chi connectivity index (χ0v) is 10.7. The Kier molecular flexibility index (Phi) is 4.96. The smallest absolute Gasteiger partial charge is 0.316 e. The number of hydrogen-bond donors (Lipinski definition) is 0. The van der Waals surface area contributed by atoms with Gasteiger partial charge in [0, 0.05) is 11.3 Å². The Labute approximate surface area is 103 Å². The molecule has 1 rings (SSSR count). The molecule has 3 nitrogen and oxygen atoms in total. The first-order valence-electron chi connectivity index (χ1n) is 4.96. The van der Waals surface area contributed by atoms with Crippen molar-refractivity contribution in [1.82, 2.24) is 0 Å². The highest BCUT2D eigenvalue weighted by atomic mass is 35.5. The van der Waals surface area contributed by atoms with Gasteiger partial charge >= 0.3 is 5.97 Å². The summed E-state index contributed by atoms with van der Waals surface area (Å²) in [5.41, 5.74) is 0. The largest absolute Gasteiger partial charge is 0.465 e. The molecule has 0 saturated heterocycles. The van der Waals surface area contributed by atoms with E-state index in [-0.39, 0.29) is 12.4 Å². The molecule has 0 bridgehead atoms. The molecule has 0 radical (unpaired) electrons. The summed E-state index contributed by atoms with van der Waals surface area (Å²) in [5.74, 6) is -1.35. The summed E-state index contributed by atoms with van der Waals surface area (Å²) in [7, 11) is 0. The molecular formula is C11H13ClO3S. The number of thiophene rings is 1. The summed E-state index contributed by atoms with van der Waals surface area (Å²) >= 11 is 7.16. The minimum atomic E-state index is -0.713. The first kappa shape index (κ1) is 13.2. The molecule has 0 aliphatic heterocycles. The van der Waals surface area contributed by atoms with Crippen LogP contribution in [0.15, 0.2) is 12.1 Å². The van der Waals surface area contributed by atoms with Gasteiger partial charge in [-0.05, 0) is 26.0 Å². The Bertz CT molecular complexity index is 386. The maximum atomic E-state index is 11.5. The topological polar surface area (TPSA) is 43.4 Å². The molecule has 1 atom stereocenters. The van der Waals surface area contributed by atoms with Gasteiger partial charge in [-0.25, -0.2) is 0 Å². The van der Waals surface area contributed by atoms with Gasteiger partial charge in [-0.15, -0.1) is 11.3 Å². The van der Waals surface area contributed by atoms with Gasteiger partial charge in [0.15, 0.2) is 0 Å². The van der Waals surface area contributed by atoms with E-state index in [0.29, 0.717) is 10.8 Å². The third-order valence-electron chi connectivity index (χ3n) is 2.10. The van der Waals surface area contributed by atoms with Gasteiger partial charge in [0.05, 0.1) is 10.9 Å². The number of esters is 1. The number of carbonyl (C=O) groups is 2. The number of carbonyl (C=O) groups excluding carboxylic acids is 2. The van der Waals surface area contributed by atoms with Crippen molar-refractivity contribution in [3.05, 3.63) is 21.3 Å². The van der Waals surface area contributed by atoms with E-state index in [1.54, 1.807) is 13.0 Å². The molecular weight excluding hydrogens is 248 g/mol. The second kappa shape index (κ2) is 6.01. The van der Waals surface area contributed by atoms with Gasteiger partial charge in [-0.2, -0.15) is 0 Å². The van der Waals surface area contributed by atoms with Crippen LogP contribution >= 0.6 is 22.9 Å². The summed E-state index contributed by atoms with van der Waals surface area (Å²) in [6.45, 7) is 3.40. The average molecular weight is 261 g/mol. The van der Waals surface area contributed by atoms with E-state index in [1.807, 2.05) is 6.07 Å². The Morgan fingerprint density at radius 3 is 2.62 bits per heavy atom. The quantitative estimate of drug-likeness (QED) is 0.604. The van der Waals surface area contributed by atoms with Crippen LogP contribution in [0.25, 0.3) is 0 Å². The third-order valence-corrected chi connectivity index (χ3v) is 3.35. The monoisotopic (exact) mass is 260 g/mol. The molecule has 0 amide bonds. The van der Waals surface area contributed by atoms with Crippen molar-refractivity contribution in [3.63, 3.8) is 0 Å². The minimum Gasteiger partial charge on any atom is -0.465 e. The number of ketones is 1. The van der Waals surface area contributed by atoms with Crippen molar-refractivity contribution in [2.45, 2.75) is 20.3 Å². The highest BCUT2D eigenvalue weighted by Gasteiger charge is 2.25. The Hall–Kier alpha value is -0.870. The van der Waals surface area contributed by atoms with E-state index in [2.05, 4.69) is 0 Å². The van der Waals surface area contributed by atoms with Crippen molar-refractivity contribution >= 4 is 34.7 Å². The Morgan fingerprint density at radius 1 is 1.50 bits per heavy atom. The molecule has 1 aromatic rings. The highest BCUT2D eigenvalue weighted by Crippen LogP contribution is 2.24. The summed E-state index contributed by atoms with van der Waals surface area (Å²) in [6.07, 6.45) is 0.367. The number of ether oxygens (including phenoxy) is 1.